The highest BCUT2D eigenvalue weighted by atomic mass is 16.2. The van der Waals surface area contributed by atoms with Crippen molar-refractivity contribution in [2.45, 2.75) is 6.54 Å². The summed E-state index contributed by atoms with van der Waals surface area (Å²) in [5.41, 5.74) is 0.177. The normalized spacial score (nSPS) is 10.6. The van der Waals surface area contributed by atoms with Gasteiger partial charge in [-0.1, -0.05) is 6.07 Å². The Morgan fingerprint density at radius 1 is 1.35 bits per heavy atom. The van der Waals surface area contributed by atoms with Crippen LogP contribution in [-0.2, 0) is 6.54 Å². The van der Waals surface area contributed by atoms with Crippen molar-refractivity contribution in [3.63, 3.8) is 0 Å². The van der Waals surface area contributed by atoms with Gasteiger partial charge in [-0.25, -0.2) is 0 Å². The molecule has 0 fully saturated rings. The molecule has 3 heterocycles. The molecule has 8 heteroatoms. The highest BCUT2D eigenvalue weighted by Crippen LogP contribution is 1.99. The van der Waals surface area contributed by atoms with Crippen LogP contribution in [0.15, 0.2) is 41.6 Å². The first-order valence-corrected chi connectivity index (χ1v) is 5.86. The van der Waals surface area contributed by atoms with Gasteiger partial charge in [-0.15, -0.1) is 10.2 Å². The SMILES string of the molecule is O=C(NCc1nnc2c(=O)[nH]ccn12)c1ccccn1. The van der Waals surface area contributed by atoms with Gasteiger partial charge in [0.25, 0.3) is 11.5 Å². The number of hydrogen-bond acceptors (Lipinski definition) is 5. The summed E-state index contributed by atoms with van der Waals surface area (Å²) in [7, 11) is 0. The average molecular weight is 270 g/mol. The van der Waals surface area contributed by atoms with Gasteiger partial charge in [0.2, 0.25) is 5.65 Å². The summed E-state index contributed by atoms with van der Waals surface area (Å²) in [6, 6.07) is 5.07. The van der Waals surface area contributed by atoms with Crippen LogP contribution in [0.2, 0.25) is 0 Å². The molecule has 0 saturated carbocycles. The van der Waals surface area contributed by atoms with E-state index in [1.165, 1.54) is 10.6 Å². The van der Waals surface area contributed by atoms with E-state index in [9.17, 15) is 9.59 Å². The molecule has 1 amide bonds. The Hall–Kier alpha value is -3.03. The molecule has 2 N–H and O–H groups in total. The van der Waals surface area contributed by atoms with Crippen LogP contribution in [-0.4, -0.2) is 30.5 Å². The van der Waals surface area contributed by atoms with Crippen molar-refractivity contribution in [1.82, 2.24) is 29.9 Å². The van der Waals surface area contributed by atoms with Crippen molar-refractivity contribution < 1.29 is 4.79 Å². The molecule has 0 aliphatic carbocycles. The third-order valence-corrected chi connectivity index (χ3v) is 2.71. The fourth-order valence-corrected chi connectivity index (χ4v) is 1.75. The lowest BCUT2D eigenvalue weighted by atomic mass is 10.3. The Balaban J connectivity index is 1.80. The molecule has 0 bridgehead atoms. The third kappa shape index (κ3) is 2.14. The van der Waals surface area contributed by atoms with Crippen molar-refractivity contribution in [2.75, 3.05) is 0 Å². The second-order valence-corrected chi connectivity index (χ2v) is 4.00. The number of pyridine rings is 1. The summed E-state index contributed by atoms with van der Waals surface area (Å²) in [5, 5.41) is 10.3. The zero-order chi connectivity index (χ0) is 13.9. The minimum Gasteiger partial charge on any atom is -0.343 e. The zero-order valence-corrected chi connectivity index (χ0v) is 10.3. The number of hydrogen-bond donors (Lipinski definition) is 2. The Bertz CT molecular complexity index is 807. The molecule has 3 aromatic rings. The second-order valence-electron chi connectivity index (χ2n) is 4.00. The smallest absolute Gasteiger partial charge is 0.293 e. The third-order valence-electron chi connectivity index (χ3n) is 2.71. The molecular formula is C12H10N6O2. The fraction of sp³-hybridized carbons (Fsp3) is 0.0833. The summed E-state index contributed by atoms with van der Waals surface area (Å²) in [6.45, 7) is 0.153. The van der Waals surface area contributed by atoms with Crippen molar-refractivity contribution in [1.29, 1.82) is 0 Å². The van der Waals surface area contributed by atoms with Crippen LogP contribution in [0.5, 0.6) is 0 Å². The summed E-state index contributed by atoms with van der Waals surface area (Å²) >= 11 is 0. The predicted molar refractivity (Wildman–Crippen MR) is 69.0 cm³/mol. The number of nitrogens with zero attached hydrogens (tertiary/aromatic N) is 4. The van der Waals surface area contributed by atoms with E-state index in [1.807, 2.05) is 0 Å². The maximum atomic E-state index is 11.8. The Kier molecular flexibility index (Phi) is 2.96. The van der Waals surface area contributed by atoms with Crippen LogP contribution in [0, 0.1) is 0 Å². The van der Waals surface area contributed by atoms with Crippen molar-refractivity contribution in [3.8, 4) is 0 Å². The minimum absolute atomic E-state index is 0.153. The number of amides is 1. The molecular weight excluding hydrogens is 260 g/mol. The molecule has 100 valence electrons. The molecule has 0 atom stereocenters. The summed E-state index contributed by atoms with van der Waals surface area (Å²) < 4.78 is 1.53. The van der Waals surface area contributed by atoms with E-state index in [0.29, 0.717) is 11.5 Å². The molecule has 20 heavy (non-hydrogen) atoms. The van der Waals surface area contributed by atoms with Gasteiger partial charge in [0.1, 0.15) is 5.69 Å². The van der Waals surface area contributed by atoms with Crippen molar-refractivity contribution in [3.05, 3.63) is 58.7 Å². The van der Waals surface area contributed by atoms with Gasteiger partial charge < -0.3 is 10.3 Å². The lowest BCUT2D eigenvalue weighted by molar-refractivity contribution is 0.0945. The van der Waals surface area contributed by atoms with E-state index in [2.05, 4.69) is 25.5 Å². The average Bonchev–Trinajstić information content (AvgIpc) is 2.90. The van der Waals surface area contributed by atoms with Crippen molar-refractivity contribution >= 4 is 11.6 Å². The van der Waals surface area contributed by atoms with Gasteiger partial charge in [0.15, 0.2) is 5.82 Å². The van der Waals surface area contributed by atoms with Gasteiger partial charge in [0, 0.05) is 18.6 Å². The molecule has 0 saturated heterocycles. The van der Waals surface area contributed by atoms with E-state index in [4.69, 9.17) is 0 Å². The molecule has 0 aliphatic heterocycles. The highest BCUT2D eigenvalue weighted by Gasteiger charge is 2.10. The molecule has 0 aliphatic rings. The van der Waals surface area contributed by atoms with Crippen LogP contribution in [0.1, 0.15) is 16.3 Å². The van der Waals surface area contributed by atoms with Gasteiger partial charge >= 0.3 is 0 Å². The standard InChI is InChI=1S/C12H10N6O2/c19-11(8-3-1-2-4-13-8)15-7-9-16-17-10-12(20)14-5-6-18(9)10/h1-6H,7H2,(H,14,20)(H,15,19). The van der Waals surface area contributed by atoms with E-state index < -0.39 is 0 Å². The van der Waals surface area contributed by atoms with E-state index >= 15 is 0 Å². The predicted octanol–water partition coefficient (Wildman–Crippen LogP) is -0.257. The lowest BCUT2D eigenvalue weighted by Crippen LogP contribution is -2.25. The van der Waals surface area contributed by atoms with Crippen molar-refractivity contribution in [2.24, 2.45) is 0 Å². The van der Waals surface area contributed by atoms with Crippen LogP contribution in [0.25, 0.3) is 5.65 Å². The van der Waals surface area contributed by atoms with Gasteiger partial charge in [0.05, 0.1) is 6.54 Å². The Morgan fingerprint density at radius 2 is 2.25 bits per heavy atom. The molecule has 3 rings (SSSR count). The number of rotatable bonds is 3. The molecule has 3 aromatic heterocycles. The first-order chi connectivity index (χ1) is 9.75. The molecule has 8 nitrogen and oxygen atoms in total. The number of aromatic nitrogens is 5. The monoisotopic (exact) mass is 270 g/mol. The van der Waals surface area contributed by atoms with Crippen LogP contribution < -0.4 is 10.9 Å². The van der Waals surface area contributed by atoms with Gasteiger partial charge in [-0.05, 0) is 12.1 Å². The highest BCUT2D eigenvalue weighted by molar-refractivity contribution is 5.92. The number of aromatic amines is 1. The van der Waals surface area contributed by atoms with E-state index in [1.54, 1.807) is 30.6 Å². The van der Waals surface area contributed by atoms with Gasteiger partial charge in [-0.3, -0.25) is 19.0 Å². The summed E-state index contributed by atoms with van der Waals surface area (Å²) in [4.78, 5) is 29.8. The van der Waals surface area contributed by atoms with Gasteiger partial charge in [-0.2, -0.15) is 0 Å². The second kappa shape index (κ2) is 4.92. The summed E-state index contributed by atoms with van der Waals surface area (Å²) in [5.74, 6) is 0.155. The van der Waals surface area contributed by atoms with Crippen LogP contribution >= 0.6 is 0 Å². The van der Waals surface area contributed by atoms with Crippen LogP contribution in [0.3, 0.4) is 0 Å². The number of H-pyrrole nitrogens is 1. The largest absolute Gasteiger partial charge is 0.343 e. The van der Waals surface area contributed by atoms with Crippen LogP contribution in [0.4, 0.5) is 0 Å². The maximum absolute atomic E-state index is 11.8. The molecule has 0 spiro atoms. The zero-order valence-electron chi connectivity index (χ0n) is 10.3. The van der Waals surface area contributed by atoms with E-state index in [0.717, 1.165) is 0 Å². The topological polar surface area (TPSA) is 105 Å². The quantitative estimate of drug-likeness (QED) is 0.682. The first kappa shape index (κ1) is 12.0. The minimum atomic E-state index is -0.331. The molecule has 0 unspecified atom stereocenters. The molecule has 0 aromatic carbocycles. The maximum Gasteiger partial charge on any atom is 0.293 e. The Labute approximate surface area is 112 Å². The van der Waals surface area contributed by atoms with E-state index in [-0.39, 0.29) is 23.7 Å². The number of carbonyl (C=O) groups is 1. The lowest BCUT2D eigenvalue weighted by Gasteiger charge is -2.03. The summed E-state index contributed by atoms with van der Waals surface area (Å²) in [6.07, 6.45) is 4.66. The Morgan fingerprint density at radius 3 is 3.05 bits per heavy atom. The molecule has 0 radical (unpaired) electrons. The first-order valence-electron chi connectivity index (χ1n) is 5.86. The number of carbonyl (C=O) groups excluding carboxylic acids is 1. The number of nitrogens with one attached hydrogen (secondary N) is 2. The number of fused-ring (bicyclic) bond motifs is 1. The fourth-order valence-electron chi connectivity index (χ4n) is 1.75.